The Morgan fingerprint density at radius 2 is 1.55 bits per heavy atom. The second-order valence-corrected chi connectivity index (χ2v) is 11.5. The lowest BCUT2D eigenvalue weighted by molar-refractivity contribution is -0.147. The van der Waals surface area contributed by atoms with E-state index in [2.05, 4.69) is 16.0 Å². The Kier molecular flexibility index (Phi) is 12.4. The predicted octanol–water partition coefficient (Wildman–Crippen LogP) is 1.43. The molecule has 2 saturated heterocycles. The minimum Gasteiger partial charge on any atom is -0.396 e. The van der Waals surface area contributed by atoms with Crippen molar-refractivity contribution in [2.75, 3.05) is 13.2 Å². The molecule has 0 spiro atoms. The number of nitrogens with zero attached hydrogens (tertiary/aromatic N) is 1. The quantitative estimate of drug-likeness (QED) is 0.260. The highest BCUT2D eigenvalue weighted by Gasteiger charge is 2.39. The lowest BCUT2D eigenvalue weighted by Gasteiger charge is -2.39. The molecule has 10 nitrogen and oxygen atoms in total. The van der Waals surface area contributed by atoms with E-state index in [1.807, 2.05) is 44.2 Å². The van der Waals surface area contributed by atoms with Gasteiger partial charge in [-0.3, -0.25) is 19.2 Å². The highest BCUT2D eigenvalue weighted by molar-refractivity contribution is 5.97. The third-order valence-electron chi connectivity index (χ3n) is 7.70. The summed E-state index contributed by atoms with van der Waals surface area (Å²) < 4.78 is 0. The Morgan fingerprint density at radius 3 is 2.25 bits per heavy atom. The molecule has 5 N–H and O–H groups in total. The summed E-state index contributed by atoms with van der Waals surface area (Å²) in [7, 11) is 0. The zero-order valence-electron chi connectivity index (χ0n) is 23.8. The Bertz CT molecular complexity index is 988. The van der Waals surface area contributed by atoms with E-state index in [1.54, 1.807) is 4.90 Å². The number of piperidine rings is 1. The monoisotopic (exact) mass is 558 g/mol. The van der Waals surface area contributed by atoms with Crippen LogP contribution in [0.1, 0.15) is 77.2 Å². The van der Waals surface area contributed by atoms with Crippen LogP contribution in [0.2, 0.25) is 0 Å². The number of carbonyl (C=O) groups excluding carboxylic acids is 4. The molecule has 3 rings (SSSR count). The van der Waals surface area contributed by atoms with Crippen LogP contribution in [0.4, 0.5) is 0 Å². The third kappa shape index (κ3) is 9.30. The number of aliphatic hydroxyl groups is 2. The molecule has 0 aliphatic carbocycles. The van der Waals surface area contributed by atoms with Crippen LogP contribution >= 0.6 is 0 Å². The van der Waals surface area contributed by atoms with Gasteiger partial charge in [0.15, 0.2) is 0 Å². The van der Waals surface area contributed by atoms with Crippen LogP contribution in [0, 0.1) is 5.92 Å². The molecular weight excluding hydrogens is 512 g/mol. The van der Waals surface area contributed by atoms with Crippen molar-refractivity contribution in [3.8, 4) is 0 Å². The van der Waals surface area contributed by atoms with E-state index in [4.69, 9.17) is 5.11 Å². The molecule has 0 saturated carbocycles. The number of benzene rings is 1. The summed E-state index contributed by atoms with van der Waals surface area (Å²) in [6, 6.07) is 6.03. The summed E-state index contributed by atoms with van der Waals surface area (Å²) in [6.07, 6.45) is 4.36. The molecule has 2 fully saturated rings. The van der Waals surface area contributed by atoms with Gasteiger partial charge >= 0.3 is 0 Å². The first-order valence-electron chi connectivity index (χ1n) is 14.7. The predicted molar refractivity (Wildman–Crippen MR) is 151 cm³/mol. The minimum atomic E-state index is -0.931. The molecule has 5 unspecified atom stereocenters. The molecule has 0 radical (unpaired) electrons. The van der Waals surface area contributed by atoms with Crippen molar-refractivity contribution in [1.29, 1.82) is 0 Å². The first-order valence-corrected chi connectivity index (χ1v) is 14.7. The van der Waals surface area contributed by atoms with Gasteiger partial charge in [0.2, 0.25) is 23.6 Å². The van der Waals surface area contributed by atoms with Crippen LogP contribution in [0.15, 0.2) is 30.3 Å². The summed E-state index contributed by atoms with van der Waals surface area (Å²) in [6.45, 7) is 4.29. The average molecular weight is 559 g/mol. The second-order valence-electron chi connectivity index (χ2n) is 11.5. The number of carbonyl (C=O) groups is 4. The molecule has 1 aromatic rings. The normalized spacial score (nSPS) is 25.3. The van der Waals surface area contributed by atoms with E-state index in [1.165, 1.54) is 0 Å². The van der Waals surface area contributed by atoms with Crippen LogP contribution < -0.4 is 16.0 Å². The summed E-state index contributed by atoms with van der Waals surface area (Å²) in [4.78, 5) is 56.0. The van der Waals surface area contributed by atoms with Crippen molar-refractivity contribution >= 4 is 23.6 Å². The maximum absolute atomic E-state index is 13.8. The van der Waals surface area contributed by atoms with Crippen LogP contribution in [-0.2, 0) is 25.6 Å². The topological polar surface area (TPSA) is 148 Å². The zero-order valence-corrected chi connectivity index (χ0v) is 23.8. The molecule has 10 heteroatoms. The minimum absolute atomic E-state index is 0.0955. The molecule has 2 aliphatic heterocycles. The standard InChI is InChI=1S/C30H46N4O6/c1-20(2)18-25-30(40)34-16-9-8-14-26(34)29(39)31-23(13-7-6-12-22(36)15-17-35)27(37)32-24(28(38)33-25)19-21-10-4-3-5-11-21/h3-5,10-11,20,22-26,35-36H,6-9,12-19H2,1-2H3,(H,31,39)(H,32,37)(H,33,38). The van der Waals surface area contributed by atoms with Crippen molar-refractivity contribution in [2.45, 2.75) is 108 Å². The van der Waals surface area contributed by atoms with Crippen molar-refractivity contribution in [3.05, 3.63) is 35.9 Å². The van der Waals surface area contributed by atoms with Gasteiger partial charge < -0.3 is 31.1 Å². The number of hydrogen-bond acceptors (Lipinski definition) is 6. The van der Waals surface area contributed by atoms with Gasteiger partial charge in [0.05, 0.1) is 6.10 Å². The van der Waals surface area contributed by atoms with Gasteiger partial charge in [0.25, 0.3) is 0 Å². The van der Waals surface area contributed by atoms with Crippen LogP contribution in [0.25, 0.3) is 0 Å². The molecule has 2 heterocycles. The van der Waals surface area contributed by atoms with Crippen molar-refractivity contribution in [2.24, 2.45) is 5.92 Å². The number of fused-ring (bicyclic) bond motifs is 1. The van der Waals surface area contributed by atoms with Gasteiger partial charge in [-0.05, 0) is 56.4 Å². The largest absolute Gasteiger partial charge is 0.396 e. The second kappa shape index (κ2) is 15.7. The fourth-order valence-corrected chi connectivity index (χ4v) is 5.52. The van der Waals surface area contributed by atoms with E-state index in [9.17, 15) is 24.3 Å². The maximum Gasteiger partial charge on any atom is 0.245 e. The Labute approximate surface area is 237 Å². The molecule has 0 aromatic heterocycles. The molecular formula is C30H46N4O6. The van der Waals surface area contributed by atoms with Gasteiger partial charge in [0, 0.05) is 19.6 Å². The lowest BCUT2D eigenvalue weighted by atomic mass is 9.95. The Morgan fingerprint density at radius 1 is 0.875 bits per heavy atom. The molecule has 2 aliphatic rings. The average Bonchev–Trinajstić information content (AvgIpc) is 2.93. The van der Waals surface area contributed by atoms with E-state index in [0.717, 1.165) is 18.4 Å². The van der Waals surface area contributed by atoms with Gasteiger partial charge in [-0.2, -0.15) is 0 Å². The number of unbranched alkanes of at least 4 members (excludes halogenated alkanes) is 1. The van der Waals surface area contributed by atoms with Gasteiger partial charge in [-0.15, -0.1) is 0 Å². The Hall–Kier alpha value is -2.98. The first-order chi connectivity index (χ1) is 19.2. The van der Waals surface area contributed by atoms with Crippen molar-refractivity contribution < 1.29 is 29.4 Å². The summed E-state index contributed by atoms with van der Waals surface area (Å²) in [5.41, 5.74) is 0.858. The first kappa shape index (κ1) is 31.5. The molecule has 0 bridgehead atoms. The van der Waals surface area contributed by atoms with E-state index < -0.39 is 42.1 Å². The van der Waals surface area contributed by atoms with Crippen molar-refractivity contribution in [1.82, 2.24) is 20.9 Å². The fraction of sp³-hybridized carbons (Fsp3) is 0.667. The number of nitrogens with one attached hydrogen (secondary N) is 3. The smallest absolute Gasteiger partial charge is 0.245 e. The maximum atomic E-state index is 13.8. The highest BCUT2D eigenvalue weighted by atomic mass is 16.3. The van der Waals surface area contributed by atoms with E-state index in [-0.39, 0.29) is 30.8 Å². The fourth-order valence-electron chi connectivity index (χ4n) is 5.52. The SMILES string of the molecule is CC(C)CC1NC(=O)C(Cc2ccccc2)NC(=O)C(CCCCC(O)CCO)NC(=O)C2CCCCN2C1=O. The zero-order chi connectivity index (χ0) is 29.1. The van der Waals surface area contributed by atoms with E-state index in [0.29, 0.717) is 51.5 Å². The molecule has 5 atom stereocenters. The van der Waals surface area contributed by atoms with Crippen LogP contribution in [0.3, 0.4) is 0 Å². The molecule has 4 amide bonds. The van der Waals surface area contributed by atoms with E-state index >= 15 is 0 Å². The number of hydrogen-bond donors (Lipinski definition) is 5. The summed E-state index contributed by atoms with van der Waals surface area (Å²) >= 11 is 0. The number of aliphatic hydroxyl groups excluding tert-OH is 2. The van der Waals surface area contributed by atoms with Crippen LogP contribution in [0.5, 0.6) is 0 Å². The van der Waals surface area contributed by atoms with Crippen LogP contribution in [-0.4, -0.2) is 82.2 Å². The lowest BCUT2D eigenvalue weighted by Crippen LogP contribution is -2.63. The highest BCUT2D eigenvalue weighted by Crippen LogP contribution is 2.21. The Balaban J connectivity index is 1.88. The molecule has 40 heavy (non-hydrogen) atoms. The third-order valence-corrected chi connectivity index (χ3v) is 7.70. The number of amides is 4. The van der Waals surface area contributed by atoms with Gasteiger partial charge in [0.1, 0.15) is 24.2 Å². The summed E-state index contributed by atoms with van der Waals surface area (Å²) in [5.74, 6) is -1.37. The molecule has 1 aromatic carbocycles. The van der Waals surface area contributed by atoms with Gasteiger partial charge in [-0.25, -0.2) is 0 Å². The summed E-state index contributed by atoms with van der Waals surface area (Å²) in [5, 5.41) is 27.6. The number of rotatable bonds is 11. The van der Waals surface area contributed by atoms with Gasteiger partial charge in [-0.1, -0.05) is 57.0 Å². The van der Waals surface area contributed by atoms with Crippen molar-refractivity contribution in [3.63, 3.8) is 0 Å². The molecule has 222 valence electrons.